The van der Waals surface area contributed by atoms with Gasteiger partial charge in [-0.3, -0.25) is 9.80 Å². The minimum absolute atomic E-state index is 0.112. The van der Waals surface area contributed by atoms with Gasteiger partial charge in [0.2, 0.25) is 0 Å². The van der Waals surface area contributed by atoms with Crippen molar-refractivity contribution in [1.29, 1.82) is 0 Å². The topological polar surface area (TPSA) is 45.2 Å². The van der Waals surface area contributed by atoms with E-state index in [0.29, 0.717) is 0 Å². The zero-order valence-corrected chi connectivity index (χ0v) is 17.2. The zero-order chi connectivity index (χ0) is 19.3. The number of rotatable bonds is 7. The predicted octanol–water partition coefficient (Wildman–Crippen LogP) is 2.77. The summed E-state index contributed by atoms with van der Waals surface area (Å²) in [5.74, 6) is 0.995. The Balaban J connectivity index is 1.50. The molecule has 1 N–H and O–H groups in total. The number of hydrogen-bond donors (Lipinski definition) is 1. The number of piperidine rings is 1. The Hall–Kier alpha value is -1.14. The van der Waals surface area contributed by atoms with Crippen molar-refractivity contribution in [2.45, 2.75) is 45.8 Å². The van der Waals surface area contributed by atoms with Crippen molar-refractivity contribution < 1.29 is 14.6 Å². The quantitative estimate of drug-likeness (QED) is 0.742. The molecule has 0 aromatic heterocycles. The van der Waals surface area contributed by atoms with E-state index in [1.165, 1.54) is 5.56 Å². The first-order chi connectivity index (χ1) is 12.9. The van der Waals surface area contributed by atoms with Gasteiger partial charge in [-0.15, -0.1) is 0 Å². The molecule has 5 heteroatoms. The second kappa shape index (κ2) is 8.91. The van der Waals surface area contributed by atoms with Gasteiger partial charge in [0, 0.05) is 50.2 Å². The third kappa shape index (κ3) is 5.44. The molecule has 1 aromatic carbocycles. The minimum Gasteiger partial charge on any atom is -0.493 e. The summed E-state index contributed by atoms with van der Waals surface area (Å²) in [6, 6.07) is 8.37. The number of benzene rings is 1. The van der Waals surface area contributed by atoms with E-state index in [9.17, 15) is 5.11 Å². The maximum absolute atomic E-state index is 10.6. The van der Waals surface area contributed by atoms with E-state index in [0.717, 1.165) is 77.7 Å². The van der Waals surface area contributed by atoms with Crippen molar-refractivity contribution in [3.05, 3.63) is 29.8 Å². The molecule has 3 rings (SSSR count). The normalized spacial score (nSPS) is 26.8. The highest BCUT2D eigenvalue weighted by Gasteiger charge is 2.43. The van der Waals surface area contributed by atoms with Gasteiger partial charge in [-0.1, -0.05) is 32.0 Å². The van der Waals surface area contributed by atoms with E-state index < -0.39 is 5.60 Å². The summed E-state index contributed by atoms with van der Waals surface area (Å²) in [5.41, 5.74) is 0.527. The highest BCUT2D eigenvalue weighted by Crippen LogP contribution is 2.38. The maximum atomic E-state index is 10.6. The molecule has 0 aliphatic carbocycles. The molecule has 27 heavy (non-hydrogen) atoms. The smallest absolute Gasteiger partial charge is 0.123 e. The molecular formula is C22H36N2O3. The third-order valence-corrected chi connectivity index (χ3v) is 6.34. The monoisotopic (exact) mass is 376 g/mol. The van der Waals surface area contributed by atoms with Crippen molar-refractivity contribution in [2.24, 2.45) is 5.41 Å². The van der Waals surface area contributed by atoms with Crippen LogP contribution in [0.25, 0.3) is 0 Å². The fraction of sp³-hybridized carbons (Fsp3) is 0.727. The highest BCUT2D eigenvalue weighted by atomic mass is 16.5. The molecule has 2 fully saturated rings. The molecule has 0 radical (unpaired) electrons. The number of ether oxygens (including phenoxy) is 2. The molecule has 5 nitrogen and oxygen atoms in total. The van der Waals surface area contributed by atoms with Gasteiger partial charge < -0.3 is 14.6 Å². The molecule has 2 aliphatic rings. The van der Waals surface area contributed by atoms with Crippen LogP contribution in [0.15, 0.2) is 24.3 Å². The van der Waals surface area contributed by atoms with Crippen LogP contribution in [0.5, 0.6) is 5.75 Å². The van der Waals surface area contributed by atoms with Crippen LogP contribution in [-0.4, -0.2) is 73.1 Å². The molecule has 0 bridgehead atoms. The van der Waals surface area contributed by atoms with Crippen LogP contribution < -0.4 is 4.74 Å². The SMILES string of the molecule is CC1(C)CN(Cc2ccccc2OCCCN2CCOCC2)CC[C@]1(C)O. The van der Waals surface area contributed by atoms with Crippen LogP contribution >= 0.6 is 0 Å². The number of likely N-dealkylation sites (tertiary alicyclic amines) is 1. The number of para-hydroxylation sites is 1. The van der Waals surface area contributed by atoms with Crippen LogP contribution in [0.4, 0.5) is 0 Å². The van der Waals surface area contributed by atoms with Gasteiger partial charge in [-0.05, 0) is 25.8 Å². The Kier molecular flexibility index (Phi) is 6.79. The van der Waals surface area contributed by atoms with Gasteiger partial charge in [-0.2, -0.15) is 0 Å². The Morgan fingerprint density at radius 1 is 1.07 bits per heavy atom. The van der Waals surface area contributed by atoms with Crippen LogP contribution in [0.3, 0.4) is 0 Å². The van der Waals surface area contributed by atoms with Gasteiger partial charge in [0.25, 0.3) is 0 Å². The molecule has 2 heterocycles. The summed E-state index contributed by atoms with van der Waals surface area (Å²) in [6.07, 6.45) is 1.84. The standard InChI is InChI=1S/C22H36N2O3/c1-21(2)18-24(11-9-22(21,3)25)17-19-7-4-5-8-20(19)27-14-6-10-23-12-15-26-16-13-23/h4-5,7-8,25H,6,9-18H2,1-3H3/t22-/m0/s1. The largest absolute Gasteiger partial charge is 0.493 e. The number of nitrogens with zero attached hydrogens (tertiary/aromatic N) is 2. The zero-order valence-electron chi connectivity index (χ0n) is 17.2. The molecule has 0 saturated carbocycles. The minimum atomic E-state index is -0.598. The molecular weight excluding hydrogens is 340 g/mol. The Morgan fingerprint density at radius 3 is 2.56 bits per heavy atom. The first kappa shape index (κ1) is 20.6. The number of morpholine rings is 1. The van der Waals surface area contributed by atoms with E-state index in [4.69, 9.17) is 9.47 Å². The first-order valence-corrected chi connectivity index (χ1v) is 10.3. The summed E-state index contributed by atoms with van der Waals surface area (Å²) < 4.78 is 11.5. The Morgan fingerprint density at radius 2 is 1.81 bits per heavy atom. The van der Waals surface area contributed by atoms with Gasteiger partial charge in [-0.25, -0.2) is 0 Å². The molecule has 0 spiro atoms. The lowest BCUT2D eigenvalue weighted by molar-refractivity contribution is -0.107. The van der Waals surface area contributed by atoms with Crippen LogP contribution in [-0.2, 0) is 11.3 Å². The molecule has 0 amide bonds. The van der Waals surface area contributed by atoms with Gasteiger partial charge in [0.1, 0.15) is 5.75 Å². The van der Waals surface area contributed by atoms with Crippen molar-refractivity contribution >= 4 is 0 Å². The van der Waals surface area contributed by atoms with E-state index in [1.54, 1.807) is 0 Å². The molecule has 1 aromatic rings. The lowest BCUT2D eigenvalue weighted by Gasteiger charge is -2.48. The molecule has 152 valence electrons. The van der Waals surface area contributed by atoms with E-state index >= 15 is 0 Å². The number of hydrogen-bond acceptors (Lipinski definition) is 5. The van der Waals surface area contributed by atoms with Crippen molar-refractivity contribution in [3.63, 3.8) is 0 Å². The second-order valence-corrected chi connectivity index (χ2v) is 8.88. The highest BCUT2D eigenvalue weighted by molar-refractivity contribution is 5.33. The van der Waals surface area contributed by atoms with Gasteiger partial charge >= 0.3 is 0 Å². The fourth-order valence-electron chi connectivity index (χ4n) is 3.97. The molecule has 0 unspecified atom stereocenters. The van der Waals surface area contributed by atoms with E-state index in [-0.39, 0.29) is 5.41 Å². The van der Waals surface area contributed by atoms with Crippen LogP contribution in [0.1, 0.15) is 39.2 Å². The second-order valence-electron chi connectivity index (χ2n) is 8.88. The lowest BCUT2D eigenvalue weighted by Crippen LogP contribution is -2.55. The lowest BCUT2D eigenvalue weighted by atomic mass is 9.71. The Labute approximate surface area is 164 Å². The summed E-state index contributed by atoms with van der Waals surface area (Å²) in [5, 5.41) is 10.6. The summed E-state index contributed by atoms with van der Waals surface area (Å²) >= 11 is 0. The summed E-state index contributed by atoms with van der Waals surface area (Å²) in [7, 11) is 0. The predicted molar refractivity (Wildman–Crippen MR) is 108 cm³/mol. The Bertz CT molecular complexity index is 597. The molecule has 1 atom stereocenters. The van der Waals surface area contributed by atoms with Crippen LogP contribution in [0, 0.1) is 5.41 Å². The van der Waals surface area contributed by atoms with Crippen molar-refractivity contribution in [3.8, 4) is 5.75 Å². The number of aliphatic hydroxyl groups is 1. The molecule has 2 aliphatic heterocycles. The van der Waals surface area contributed by atoms with Crippen molar-refractivity contribution in [1.82, 2.24) is 9.80 Å². The average Bonchev–Trinajstić information content (AvgIpc) is 2.64. The summed E-state index contributed by atoms with van der Waals surface area (Å²) in [6.45, 7) is 14.6. The van der Waals surface area contributed by atoms with E-state index in [1.807, 2.05) is 13.0 Å². The van der Waals surface area contributed by atoms with Crippen molar-refractivity contribution in [2.75, 3.05) is 52.5 Å². The molecule has 2 saturated heterocycles. The third-order valence-electron chi connectivity index (χ3n) is 6.34. The summed E-state index contributed by atoms with van der Waals surface area (Å²) in [4.78, 5) is 4.88. The van der Waals surface area contributed by atoms with Gasteiger partial charge in [0.15, 0.2) is 0 Å². The van der Waals surface area contributed by atoms with Gasteiger partial charge in [0.05, 0.1) is 25.4 Å². The van der Waals surface area contributed by atoms with E-state index in [2.05, 4.69) is 41.8 Å². The van der Waals surface area contributed by atoms with Crippen LogP contribution in [0.2, 0.25) is 0 Å². The maximum Gasteiger partial charge on any atom is 0.123 e. The fourth-order valence-corrected chi connectivity index (χ4v) is 3.97. The average molecular weight is 377 g/mol. The first-order valence-electron chi connectivity index (χ1n) is 10.3.